The lowest BCUT2D eigenvalue weighted by atomic mass is 9.56. The topological polar surface area (TPSA) is 58.9 Å². The molecule has 1 aromatic rings. The van der Waals surface area contributed by atoms with Crippen LogP contribution in [0.25, 0.3) is 0 Å². The molecule has 1 aliphatic heterocycles. The van der Waals surface area contributed by atoms with Gasteiger partial charge in [0.25, 0.3) is 0 Å². The van der Waals surface area contributed by atoms with Crippen molar-refractivity contribution in [3.05, 3.63) is 29.3 Å². The maximum absolute atomic E-state index is 9.87. The van der Waals surface area contributed by atoms with Gasteiger partial charge in [0, 0.05) is 18.9 Å². The second-order valence-electron chi connectivity index (χ2n) is 8.44. The van der Waals surface area contributed by atoms with Crippen LogP contribution in [0.5, 0.6) is 5.75 Å². The summed E-state index contributed by atoms with van der Waals surface area (Å²) in [4.78, 5) is 0. The first-order valence-electron chi connectivity index (χ1n) is 9.92. The number of phenolic OH excluding ortho intramolecular Hbond substituents is 1. The van der Waals surface area contributed by atoms with Crippen LogP contribution in [0.15, 0.2) is 18.2 Å². The van der Waals surface area contributed by atoms with Gasteiger partial charge in [0.05, 0.1) is 13.2 Å². The van der Waals surface area contributed by atoms with Crippen molar-refractivity contribution < 1.29 is 19.7 Å². The second kappa shape index (κ2) is 5.97. The van der Waals surface area contributed by atoms with Gasteiger partial charge in [0.1, 0.15) is 5.75 Å². The molecule has 4 nitrogen and oxygen atoms in total. The first-order chi connectivity index (χ1) is 12.2. The average molecular weight is 344 g/mol. The van der Waals surface area contributed by atoms with E-state index in [-0.39, 0.29) is 12.4 Å². The Balaban J connectivity index is 1.53. The summed E-state index contributed by atoms with van der Waals surface area (Å²) in [5.41, 5.74) is 2.73. The summed E-state index contributed by atoms with van der Waals surface area (Å²) in [5.74, 6) is 2.82. The van der Waals surface area contributed by atoms with Gasteiger partial charge in [-0.25, -0.2) is 0 Å². The Morgan fingerprint density at radius 3 is 2.76 bits per heavy atom. The lowest BCUT2D eigenvalue weighted by Crippen LogP contribution is -2.46. The van der Waals surface area contributed by atoms with Gasteiger partial charge in [-0.2, -0.15) is 0 Å². The molecule has 3 fully saturated rings. The van der Waals surface area contributed by atoms with Crippen LogP contribution in [0.4, 0.5) is 0 Å². The quantitative estimate of drug-likeness (QED) is 0.865. The maximum Gasteiger partial charge on any atom is 0.171 e. The molecular formula is C21H28O4. The van der Waals surface area contributed by atoms with Crippen molar-refractivity contribution in [2.75, 3.05) is 19.8 Å². The molecule has 1 heterocycles. The highest BCUT2D eigenvalue weighted by Gasteiger charge is 2.59. The van der Waals surface area contributed by atoms with E-state index in [0.29, 0.717) is 35.3 Å². The third-order valence-electron chi connectivity index (χ3n) is 7.49. The van der Waals surface area contributed by atoms with Gasteiger partial charge in [0.2, 0.25) is 0 Å². The van der Waals surface area contributed by atoms with E-state index in [1.54, 1.807) is 0 Å². The van der Waals surface area contributed by atoms with Crippen LogP contribution >= 0.6 is 0 Å². The van der Waals surface area contributed by atoms with E-state index in [2.05, 4.69) is 6.07 Å². The minimum atomic E-state index is -0.335. The minimum Gasteiger partial charge on any atom is -0.508 e. The van der Waals surface area contributed by atoms with Crippen molar-refractivity contribution in [3.63, 3.8) is 0 Å². The van der Waals surface area contributed by atoms with Crippen LogP contribution in [-0.4, -0.2) is 35.8 Å². The standard InChI is InChI=1S/C21H28O4/c22-8-6-14-12-19-17(5-7-21(19)24-9-10-25-21)18-3-1-13-11-15(23)2-4-16(13)20(14)18/h2,4,11,14,17-20,22-23H,1,3,5-10,12H2/t14-,17?,18?,19?,20?/m0/s1. The van der Waals surface area contributed by atoms with Gasteiger partial charge in [-0.05, 0) is 79.0 Å². The number of phenols is 1. The fourth-order valence-corrected chi connectivity index (χ4v) is 6.66. The van der Waals surface area contributed by atoms with Gasteiger partial charge >= 0.3 is 0 Å². The number of aryl methyl sites for hydroxylation is 1. The van der Waals surface area contributed by atoms with Crippen LogP contribution in [0.3, 0.4) is 0 Å². The Kier molecular flexibility index (Phi) is 3.84. The average Bonchev–Trinajstić information content (AvgIpc) is 3.23. The van der Waals surface area contributed by atoms with Gasteiger partial charge in [-0.3, -0.25) is 0 Å². The Morgan fingerprint density at radius 1 is 1.12 bits per heavy atom. The molecule has 4 heteroatoms. The summed E-state index contributed by atoms with van der Waals surface area (Å²) in [5, 5.41) is 19.6. The van der Waals surface area contributed by atoms with Gasteiger partial charge in [-0.15, -0.1) is 0 Å². The first-order valence-corrected chi connectivity index (χ1v) is 9.92. The molecule has 25 heavy (non-hydrogen) atoms. The predicted molar refractivity (Wildman–Crippen MR) is 93.3 cm³/mol. The molecule has 5 atom stereocenters. The second-order valence-corrected chi connectivity index (χ2v) is 8.44. The number of hydrogen-bond donors (Lipinski definition) is 2. The molecule has 1 spiro atoms. The molecule has 4 aliphatic rings. The van der Waals surface area contributed by atoms with E-state index in [0.717, 1.165) is 38.9 Å². The smallest absolute Gasteiger partial charge is 0.171 e. The van der Waals surface area contributed by atoms with E-state index >= 15 is 0 Å². The predicted octanol–water partition coefficient (Wildman–Crippen LogP) is 3.21. The summed E-state index contributed by atoms with van der Waals surface area (Å²) < 4.78 is 12.3. The third-order valence-corrected chi connectivity index (χ3v) is 7.49. The molecule has 5 rings (SSSR count). The summed E-state index contributed by atoms with van der Waals surface area (Å²) >= 11 is 0. The number of aliphatic hydroxyl groups is 1. The largest absolute Gasteiger partial charge is 0.508 e. The van der Waals surface area contributed by atoms with Gasteiger partial charge in [0.15, 0.2) is 5.79 Å². The summed E-state index contributed by atoms with van der Waals surface area (Å²) in [7, 11) is 0. The zero-order valence-electron chi connectivity index (χ0n) is 14.7. The fraction of sp³-hybridized carbons (Fsp3) is 0.714. The molecule has 4 unspecified atom stereocenters. The van der Waals surface area contributed by atoms with Crippen molar-refractivity contribution >= 4 is 0 Å². The molecule has 3 aliphatic carbocycles. The van der Waals surface area contributed by atoms with Crippen molar-refractivity contribution in [1.29, 1.82) is 0 Å². The Hall–Kier alpha value is -1.10. The molecule has 1 aromatic carbocycles. The zero-order valence-corrected chi connectivity index (χ0v) is 14.7. The van der Waals surface area contributed by atoms with Gasteiger partial charge in [-0.1, -0.05) is 6.07 Å². The Bertz CT molecular complexity index is 651. The van der Waals surface area contributed by atoms with Crippen molar-refractivity contribution in [1.82, 2.24) is 0 Å². The molecule has 0 amide bonds. The van der Waals surface area contributed by atoms with Crippen LogP contribution in [0, 0.1) is 23.7 Å². The zero-order chi connectivity index (χ0) is 17.0. The Labute approximate surface area is 149 Å². The lowest BCUT2D eigenvalue weighted by Gasteiger charge is -2.50. The maximum atomic E-state index is 9.87. The first kappa shape index (κ1) is 16.1. The van der Waals surface area contributed by atoms with Crippen molar-refractivity contribution in [2.45, 2.75) is 50.2 Å². The summed E-state index contributed by atoms with van der Waals surface area (Å²) in [6.07, 6.45) is 6.40. The minimum absolute atomic E-state index is 0.243. The monoisotopic (exact) mass is 344 g/mol. The molecule has 1 saturated heterocycles. The number of fused-ring (bicyclic) bond motifs is 6. The Morgan fingerprint density at radius 2 is 1.96 bits per heavy atom. The number of rotatable bonds is 2. The van der Waals surface area contributed by atoms with Crippen LogP contribution in [0.1, 0.15) is 49.1 Å². The van der Waals surface area contributed by atoms with E-state index in [1.807, 2.05) is 12.1 Å². The summed E-state index contributed by atoms with van der Waals surface area (Å²) in [6.45, 7) is 1.70. The number of benzene rings is 1. The highest BCUT2D eigenvalue weighted by molar-refractivity contribution is 5.40. The van der Waals surface area contributed by atoms with Gasteiger partial charge < -0.3 is 19.7 Å². The normalized spacial score (nSPS) is 38.4. The SMILES string of the molecule is OCC[C@H]1CC2C(CCC23OCCO3)C2CCc3cc(O)ccc3C21. The van der Waals surface area contributed by atoms with Crippen LogP contribution in [-0.2, 0) is 15.9 Å². The van der Waals surface area contributed by atoms with Crippen LogP contribution < -0.4 is 0 Å². The number of hydrogen-bond acceptors (Lipinski definition) is 4. The van der Waals surface area contributed by atoms with E-state index < -0.39 is 0 Å². The van der Waals surface area contributed by atoms with Crippen molar-refractivity contribution in [2.24, 2.45) is 23.7 Å². The van der Waals surface area contributed by atoms with E-state index in [4.69, 9.17) is 9.47 Å². The molecule has 0 aromatic heterocycles. The molecule has 0 bridgehead atoms. The molecule has 2 saturated carbocycles. The molecule has 2 N–H and O–H groups in total. The molecule has 0 radical (unpaired) electrons. The van der Waals surface area contributed by atoms with Crippen molar-refractivity contribution in [3.8, 4) is 5.75 Å². The highest BCUT2D eigenvalue weighted by atomic mass is 16.7. The molecule has 136 valence electrons. The number of aromatic hydroxyl groups is 1. The third kappa shape index (κ3) is 2.37. The number of ether oxygens (including phenoxy) is 2. The van der Waals surface area contributed by atoms with E-state index in [1.165, 1.54) is 24.0 Å². The van der Waals surface area contributed by atoms with Crippen LogP contribution in [0.2, 0.25) is 0 Å². The fourth-order valence-electron chi connectivity index (χ4n) is 6.66. The van der Waals surface area contributed by atoms with E-state index in [9.17, 15) is 10.2 Å². The molecular weight excluding hydrogens is 316 g/mol. The highest BCUT2D eigenvalue weighted by Crippen LogP contribution is 2.62. The summed E-state index contributed by atoms with van der Waals surface area (Å²) in [6, 6.07) is 5.93. The lowest BCUT2D eigenvalue weighted by molar-refractivity contribution is -0.199. The number of aliphatic hydroxyl groups excluding tert-OH is 1.